The first kappa shape index (κ1) is 23.7. The van der Waals surface area contributed by atoms with Crippen LogP contribution in [0, 0.1) is 5.92 Å². The molecular weight excluding hydrogens is 476 g/mol. The molecule has 0 unspecified atom stereocenters. The maximum absolute atomic E-state index is 13.2. The molecule has 0 atom stereocenters. The number of para-hydroxylation sites is 1. The summed E-state index contributed by atoms with van der Waals surface area (Å²) in [5, 5.41) is 2.08. The summed E-state index contributed by atoms with van der Waals surface area (Å²) in [6, 6.07) is 21.1. The highest BCUT2D eigenvalue weighted by molar-refractivity contribution is 7.89. The summed E-state index contributed by atoms with van der Waals surface area (Å²) in [5.74, 6) is 0.577. The Balaban J connectivity index is 1.50. The smallest absolute Gasteiger partial charge is 0.243 e. The molecule has 1 aliphatic heterocycles. The lowest BCUT2D eigenvalue weighted by atomic mass is 10.0. The quantitative estimate of drug-likeness (QED) is 0.357. The van der Waals surface area contributed by atoms with Crippen molar-refractivity contribution in [1.82, 2.24) is 13.9 Å². The molecule has 8 heteroatoms. The Kier molecular flexibility index (Phi) is 6.95. The Morgan fingerprint density at radius 1 is 1.00 bits per heavy atom. The summed E-state index contributed by atoms with van der Waals surface area (Å²) in [4.78, 5) is 10.3. The molecule has 4 aromatic rings. The number of hydrogen-bond donors (Lipinski definition) is 0. The highest BCUT2D eigenvalue weighted by Crippen LogP contribution is 2.27. The number of hydrogen-bond acceptors (Lipinski definition) is 5. The first-order valence-electron chi connectivity index (χ1n) is 11.8. The molecule has 1 aliphatic rings. The number of sulfonamides is 1. The highest BCUT2D eigenvalue weighted by Gasteiger charge is 2.28. The topological polar surface area (TPSA) is 67.6 Å². The molecule has 180 valence electrons. The Labute approximate surface area is 210 Å². The Morgan fingerprint density at radius 3 is 2.43 bits per heavy atom. The van der Waals surface area contributed by atoms with Crippen molar-refractivity contribution in [1.29, 1.82) is 0 Å². The van der Waals surface area contributed by atoms with Crippen molar-refractivity contribution in [3.63, 3.8) is 0 Å². The van der Waals surface area contributed by atoms with E-state index < -0.39 is 10.0 Å². The highest BCUT2D eigenvalue weighted by atomic mass is 32.2. The van der Waals surface area contributed by atoms with Crippen LogP contribution in [0.2, 0.25) is 0 Å². The van der Waals surface area contributed by atoms with Crippen LogP contribution in [0.4, 0.5) is 5.69 Å². The number of benzene rings is 2. The minimum atomic E-state index is -3.48. The summed E-state index contributed by atoms with van der Waals surface area (Å²) in [6.07, 6.45) is 5.44. The van der Waals surface area contributed by atoms with Crippen molar-refractivity contribution in [2.45, 2.75) is 31.2 Å². The van der Waals surface area contributed by atoms with Gasteiger partial charge in [0, 0.05) is 30.9 Å². The number of pyridine rings is 1. The second-order valence-electron chi connectivity index (χ2n) is 8.91. The zero-order valence-electron chi connectivity index (χ0n) is 19.6. The number of piperidine rings is 1. The molecule has 0 saturated carbocycles. The second kappa shape index (κ2) is 10.3. The number of nitrogens with zero attached hydrogens (tertiary/aromatic N) is 4. The molecule has 2 aromatic heterocycles. The van der Waals surface area contributed by atoms with Crippen LogP contribution >= 0.6 is 11.3 Å². The van der Waals surface area contributed by atoms with Gasteiger partial charge in [0.25, 0.3) is 0 Å². The predicted octanol–water partition coefficient (Wildman–Crippen LogP) is 5.31. The minimum absolute atomic E-state index is 0.346. The molecule has 3 heterocycles. The lowest BCUT2D eigenvalue weighted by Crippen LogP contribution is -2.37. The van der Waals surface area contributed by atoms with Gasteiger partial charge in [-0.1, -0.05) is 43.3 Å². The summed E-state index contributed by atoms with van der Waals surface area (Å²) in [5.41, 5.74) is 3.90. The fourth-order valence-electron chi connectivity index (χ4n) is 4.26. The fraction of sp³-hybridized carbons (Fsp3) is 0.259. The van der Waals surface area contributed by atoms with E-state index in [0.717, 1.165) is 40.2 Å². The van der Waals surface area contributed by atoms with Gasteiger partial charge >= 0.3 is 0 Å². The van der Waals surface area contributed by atoms with Crippen LogP contribution in [-0.4, -0.2) is 35.4 Å². The van der Waals surface area contributed by atoms with Crippen molar-refractivity contribution < 1.29 is 8.42 Å². The molecule has 5 rings (SSSR count). The van der Waals surface area contributed by atoms with Gasteiger partial charge < -0.3 is 4.57 Å². The van der Waals surface area contributed by atoms with Crippen molar-refractivity contribution in [3.05, 3.63) is 94.9 Å². The molecule has 0 aliphatic carbocycles. The van der Waals surface area contributed by atoms with Crippen molar-refractivity contribution >= 4 is 27.0 Å². The third kappa shape index (κ3) is 5.29. The molecule has 0 spiro atoms. The molecule has 2 aromatic carbocycles. The summed E-state index contributed by atoms with van der Waals surface area (Å²) in [6.45, 7) is 3.97. The maximum atomic E-state index is 13.2. The van der Waals surface area contributed by atoms with Gasteiger partial charge in [-0.2, -0.15) is 4.31 Å². The number of rotatable bonds is 6. The average Bonchev–Trinajstić information content (AvgIpc) is 3.27. The van der Waals surface area contributed by atoms with Gasteiger partial charge in [-0.05, 0) is 60.2 Å². The number of aromatic nitrogens is 2. The van der Waals surface area contributed by atoms with Crippen molar-refractivity contribution in [2.24, 2.45) is 10.9 Å². The van der Waals surface area contributed by atoms with Gasteiger partial charge in [0.15, 0.2) is 4.80 Å². The lowest BCUT2D eigenvalue weighted by molar-refractivity contribution is 0.288. The zero-order valence-corrected chi connectivity index (χ0v) is 21.3. The monoisotopic (exact) mass is 504 g/mol. The molecule has 1 saturated heterocycles. The van der Waals surface area contributed by atoms with Crippen LogP contribution in [0.5, 0.6) is 0 Å². The van der Waals surface area contributed by atoms with Crippen LogP contribution < -0.4 is 4.80 Å². The van der Waals surface area contributed by atoms with E-state index in [2.05, 4.69) is 21.9 Å². The molecule has 6 nitrogen and oxygen atoms in total. The van der Waals surface area contributed by atoms with Gasteiger partial charge in [0.05, 0.1) is 22.8 Å². The maximum Gasteiger partial charge on any atom is 0.243 e. The molecule has 0 bridgehead atoms. The van der Waals surface area contributed by atoms with E-state index >= 15 is 0 Å². The zero-order chi connectivity index (χ0) is 24.3. The second-order valence-corrected chi connectivity index (χ2v) is 11.7. The fourth-order valence-corrected chi connectivity index (χ4v) is 6.66. The van der Waals surface area contributed by atoms with Gasteiger partial charge in [0.2, 0.25) is 10.0 Å². The van der Waals surface area contributed by atoms with Crippen molar-refractivity contribution in [3.8, 4) is 11.3 Å². The van der Waals surface area contributed by atoms with E-state index in [4.69, 9.17) is 4.99 Å². The average molecular weight is 505 g/mol. The van der Waals surface area contributed by atoms with E-state index in [1.54, 1.807) is 34.0 Å². The van der Waals surface area contributed by atoms with Gasteiger partial charge in [-0.25, -0.2) is 13.4 Å². The van der Waals surface area contributed by atoms with Crippen molar-refractivity contribution in [2.75, 3.05) is 13.1 Å². The minimum Gasteiger partial charge on any atom is -0.312 e. The third-order valence-electron chi connectivity index (χ3n) is 6.37. The number of thiazole rings is 1. The summed E-state index contributed by atoms with van der Waals surface area (Å²) >= 11 is 1.57. The van der Waals surface area contributed by atoms with Crippen LogP contribution in [0.25, 0.3) is 11.3 Å². The van der Waals surface area contributed by atoms with Gasteiger partial charge in [-0.3, -0.25) is 4.98 Å². The third-order valence-corrected chi connectivity index (χ3v) is 9.15. The molecule has 0 amide bonds. The van der Waals surface area contributed by atoms with Crippen LogP contribution in [0.3, 0.4) is 0 Å². The standard InChI is InChI=1S/C27H28N4O2S2/c1-21-13-16-30(17-14-21)35(32,33)25-11-9-23(10-12-25)26-20-34-27(29-24-7-3-2-4-8-24)31(26)19-22-6-5-15-28-18-22/h2-12,15,18,20-21H,13-14,16-17,19H2,1H3. The Hall–Kier alpha value is -3.07. The summed E-state index contributed by atoms with van der Waals surface area (Å²) in [7, 11) is -3.48. The largest absolute Gasteiger partial charge is 0.312 e. The lowest BCUT2D eigenvalue weighted by Gasteiger charge is -2.29. The van der Waals surface area contributed by atoms with E-state index in [-0.39, 0.29) is 0 Å². The normalized spacial score (nSPS) is 16.0. The van der Waals surface area contributed by atoms with E-state index in [0.29, 0.717) is 30.4 Å². The van der Waals surface area contributed by atoms with E-state index in [9.17, 15) is 8.42 Å². The predicted molar refractivity (Wildman–Crippen MR) is 140 cm³/mol. The first-order valence-corrected chi connectivity index (χ1v) is 14.1. The van der Waals surface area contributed by atoms with Gasteiger partial charge in [-0.15, -0.1) is 11.3 Å². The summed E-state index contributed by atoms with van der Waals surface area (Å²) < 4.78 is 30.1. The van der Waals surface area contributed by atoms with Gasteiger partial charge in [0.1, 0.15) is 0 Å². The Morgan fingerprint density at radius 2 is 1.74 bits per heavy atom. The SMILES string of the molecule is CC1CCN(S(=O)(=O)c2ccc(-c3csc(=Nc4ccccc4)n3Cc3cccnc3)cc2)CC1. The Bertz CT molecular complexity index is 1440. The van der Waals surface area contributed by atoms with E-state index in [1.807, 2.05) is 60.8 Å². The molecule has 35 heavy (non-hydrogen) atoms. The molecule has 0 N–H and O–H groups in total. The molecule has 0 radical (unpaired) electrons. The van der Waals surface area contributed by atoms with Crippen LogP contribution in [-0.2, 0) is 16.6 Å². The first-order chi connectivity index (χ1) is 17.0. The van der Waals surface area contributed by atoms with Crippen LogP contribution in [0.1, 0.15) is 25.3 Å². The van der Waals surface area contributed by atoms with E-state index in [1.165, 1.54) is 0 Å². The molecular formula is C27H28N4O2S2. The molecule has 1 fully saturated rings. The van der Waals surface area contributed by atoms with Crippen LogP contribution in [0.15, 0.2) is 94.4 Å².